The van der Waals surface area contributed by atoms with E-state index >= 15 is 0 Å². The molecule has 1 aromatic heterocycles. The van der Waals surface area contributed by atoms with E-state index in [2.05, 4.69) is 25.7 Å². The first-order chi connectivity index (χ1) is 16.5. The number of rotatable bonds is 5. The van der Waals surface area contributed by atoms with E-state index in [1.165, 1.54) is 11.1 Å². The molecule has 5 rings (SSSR count). The van der Waals surface area contributed by atoms with Gasteiger partial charge in [-0.2, -0.15) is 0 Å². The molecule has 3 aromatic carbocycles. The van der Waals surface area contributed by atoms with E-state index in [0.29, 0.717) is 40.2 Å². The number of fused-ring (bicyclic) bond motifs is 1. The average Bonchev–Trinajstić information content (AvgIpc) is 3.24. The van der Waals surface area contributed by atoms with Crippen LogP contribution in [-0.2, 0) is 16.0 Å². The minimum Gasteiger partial charge on any atom is -0.342 e. The fourth-order valence-electron chi connectivity index (χ4n) is 3.74. The van der Waals surface area contributed by atoms with E-state index < -0.39 is 11.9 Å². The van der Waals surface area contributed by atoms with Gasteiger partial charge in [0.05, 0.1) is 16.7 Å². The van der Waals surface area contributed by atoms with Crippen molar-refractivity contribution in [3.05, 3.63) is 90.0 Å². The molecule has 170 valence electrons. The molecule has 1 atom stereocenters. The second kappa shape index (κ2) is 8.78. The van der Waals surface area contributed by atoms with E-state index in [9.17, 15) is 14.0 Å². The standard InChI is InChI=1S/C25H21FN6O2/c1-15-25(34)32(18-8-3-2-4-9-18)31-23(27-15)24(33)28-17-11-12-20-21(14-17)30-22(29-20)13-16-7-5-6-10-19(16)26/h2-12,14-15H,13H2,1H3,(H,27,31)(H,28,33)(H,29,30). The number of aromatic nitrogens is 2. The van der Waals surface area contributed by atoms with Crippen LogP contribution in [0.15, 0.2) is 77.8 Å². The van der Waals surface area contributed by atoms with Crippen molar-refractivity contribution in [3.63, 3.8) is 0 Å². The molecule has 0 saturated heterocycles. The number of nitrogens with zero attached hydrogens (tertiary/aromatic N) is 3. The number of H-pyrrole nitrogens is 1. The Morgan fingerprint density at radius 1 is 1.09 bits per heavy atom. The van der Waals surface area contributed by atoms with Crippen LogP contribution in [0.25, 0.3) is 11.0 Å². The van der Waals surface area contributed by atoms with Gasteiger partial charge in [-0.15, -0.1) is 0 Å². The number of hydrogen-bond acceptors (Lipinski definition) is 5. The maximum absolute atomic E-state index is 14.0. The van der Waals surface area contributed by atoms with Gasteiger partial charge >= 0.3 is 0 Å². The van der Waals surface area contributed by atoms with Gasteiger partial charge in [0.2, 0.25) is 5.84 Å². The second-order valence-corrected chi connectivity index (χ2v) is 7.91. The number of carbonyl (C=O) groups excluding carboxylic acids is 2. The van der Waals surface area contributed by atoms with Crippen LogP contribution >= 0.6 is 0 Å². The van der Waals surface area contributed by atoms with Crippen molar-refractivity contribution in [2.24, 2.45) is 4.99 Å². The van der Waals surface area contributed by atoms with Crippen molar-refractivity contribution in [3.8, 4) is 0 Å². The predicted molar refractivity (Wildman–Crippen MR) is 128 cm³/mol. The Hall–Kier alpha value is -4.53. The summed E-state index contributed by atoms with van der Waals surface area (Å²) in [7, 11) is 0. The number of hydrogen-bond donors (Lipinski definition) is 3. The first-order valence-electron chi connectivity index (χ1n) is 10.7. The highest BCUT2D eigenvalue weighted by molar-refractivity contribution is 6.43. The van der Waals surface area contributed by atoms with Crippen molar-refractivity contribution in [2.75, 3.05) is 10.3 Å². The van der Waals surface area contributed by atoms with Gasteiger partial charge in [0, 0.05) is 12.1 Å². The van der Waals surface area contributed by atoms with Crippen molar-refractivity contribution in [2.45, 2.75) is 19.4 Å². The Balaban J connectivity index is 1.33. The highest BCUT2D eigenvalue weighted by Gasteiger charge is 2.30. The van der Waals surface area contributed by atoms with Crippen LogP contribution in [0.2, 0.25) is 0 Å². The van der Waals surface area contributed by atoms with E-state index in [1.54, 1.807) is 67.6 Å². The lowest BCUT2D eigenvalue weighted by Gasteiger charge is -2.30. The molecule has 0 spiro atoms. The van der Waals surface area contributed by atoms with E-state index in [0.717, 1.165) is 0 Å². The Bertz CT molecular complexity index is 1420. The number of hydrazine groups is 1. The van der Waals surface area contributed by atoms with Gasteiger partial charge in [0.1, 0.15) is 17.7 Å². The first kappa shape index (κ1) is 21.3. The number of halogens is 1. The molecule has 1 aliphatic heterocycles. The number of imidazole rings is 1. The number of anilines is 2. The molecule has 1 aliphatic rings. The highest BCUT2D eigenvalue weighted by atomic mass is 19.1. The van der Waals surface area contributed by atoms with E-state index in [1.807, 2.05) is 6.07 Å². The van der Waals surface area contributed by atoms with Crippen molar-refractivity contribution < 1.29 is 14.0 Å². The zero-order chi connectivity index (χ0) is 23.7. The third kappa shape index (κ3) is 4.23. The summed E-state index contributed by atoms with van der Waals surface area (Å²) in [6, 6.07) is 20.1. The number of nitrogens with one attached hydrogen (secondary N) is 3. The summed E-state index contributed by atoms with van der Waals surface area (Å²) in [5.41, 5.74) is 5.90. The SMILES string of the molecule is CC1N=C(C(=O)Nc2ccc3nc(Cc4ccccc4F)[nH]c3c2)NN(c2ccccc2)C1=O. The molecule has 0 fully saturated rings. The third-order valence-corrected chi connectivity index (χ3v) is 5.45. The monoisotopic (exact) mass is 456 g/mol. The normalized spacial score (nSPS) is 15.7. The summed E-state index contributed by atoms with van der Waals surface area (Å²) in [5.74, 6) is -0.377. The second-order valence-electron chi connectivity index (χ2n) is 7.91. The molecule has 4 aromatic rings. The number of aliphatic imine (C=N–C) groups is 1. The Kier molecular flexibility index (Phi) is 5.51. The Labute approximate surface area is 194 Å². The summed E-state index contributed by atoms with van der Waals surface area (Å²) in [6.07, 6.45) is 0.324. The van der Waals surface area contributed by atoms with Crippen LogP contribution in [0.5, 0.6) is 0 Å². The summed E-state index contributed by atoms with van der Waals surface area (Å²) in [5, 5.41) is 4.12. The van der Waals surface area contributed by atoms with Crippen LogP contribution in [0.3, 0.4) is 0 Å². The number of amides is 2. The van der Waals surface area contributed by atoms with Crippen molar-refractivity contribution in [1.82, 2.24) is 15.4 Å². The van der Waals surface area contributed by atoms with Crippen LogP contribution in [0.1, 0.15) is 18.3 Å². The van der Waals surface area contributed by atoms with Crippen LogP contribution in [-0.4, -0.2) is 33.7 Å². The highest BCUT2D eigenvalue weighted by Crippen LogP contribution is 2.20. The summed E-state index contributed by atoms with van der Waals surface area (Å²) in [6.45, 7) is 1.64. The summed E-state index contributed by atoms with van der Waals surface area (Å²) in [4.78, 5) is 37.3. The van der Waals surface area contributed by atoms with E-state index in [-0.39, 0.29) is 17.6 Å². The first-order valence-corrected chi connectivity index (χ1v) is 10.7. The molecular weight excluding hydrogens is 435 g/mol. The molecule has 1 unspecified atom stereocenters. The van der Waals surface area contributed by atoms with Crippen LogP contribution < -0.4 is 15.8 Å². The minimum atomic E-state index is -0.710. The molecule has 2 heterocycles. The van der Waals surface area contributed by atoms with Gasteiger partial charge in [-0.25, -0.2) is 19.4 Å². The van der Waals surface area contributed by atoms with Gasteiger partial charge in [-0.05, 0) is 48.9 Å². The fraction of sp³-hybridized carbons (Fsp3) is 0.120. The molecule has 2 amide bonds. The fourth-order valence-corrected chi connectivity index (χ4v) is 3.74. The van der Waals surface area contributed by atoms with Crippen LogP contribution in [0, 0.1) is 5.82 Å². The minimum absolute atomic E-state index is 0.0286. The van der Waals surface area contributed by atoms with Crippen molar-refractivity contribution in [1.29, 1.82) is 0 Å². The molecule has 3 N–H and O–H groups in total. The molecule has 9 heteroatoms. The van der Waals surface area contributed by atoms with E-state index in [4.69, 9.17) is 0 Å². The lowest BCUT2D eigenvalue weighted by Crippen LogP contribution is -2.57. The molecule has 34 heavy (non-hydrogen) atoms. The maximum Gasteiger partial charge on any atom is 0.292 e. The molecule has 8 nitrogen and oxygen atoms in total. The molecule has 0 aliphatic carbocycles. The number of benzene rings is 3. The zero-order valence-electron chi connectivity index (χ0n) is 18.2. The van der Waals surface area contributed by atoms with Gasteiger partial charge < -0.3 is 10.3 Å². The van der Waals surface area contributed by atoms with Crippen molar-refractivity contribution >= 4 is 40.1 Å². The van der Waals surface area contributed by atoms with Gasteiger partial charge in [0.25, 0.3) is 11.8 Å². The number of aromatic amines is 1. The Morgan fingerprint density at radius 3 is 2.65 bits per heavy atom. The van der Waals surface area contributed by atoms with Gasteiger partial charge in [0.15, 0.2) is 0 Å². The number of amidine groups is 1. The summed E-state index contributed by atoms with van der Waals surface area (Å²) < 4.78 is 14.0. The largest absolute Gasteiger partial charge is 0.342 e. The quantitative estimate of drug-likeness (QED) is 0.427. The number of para-hydroxylation sites is 1. The molecule has 0 bridgehead atoms. The maximum atomic E-state index is 14.0. The molecule has 0 saturated carbocycles. The van der Waals surface area contributed by atoms with Crippen LogP contribution in [0.4, 0.5) is 15.8 Å². The topological polar surface area (TPSA) is 102 Å². The lowest BCUT2D eigenvalue weighted by molar-refractivity contribution is -0.120. The number of carbonyl (C=O) groups is 2. The smallest absolute Gasteiger partial charge is 0.292 e. The van der Waals surface area contributed by atoms with Gasteiger partial charge in [-0.3, -0.25) is 15.0 Å². The zero-order valence-corrected chi connectivity index (χ0v) is 18.2. The predicted octanol–water partition coefficient (Wildman–Crippen LogP) is 3.57. The average molecular weight is 456 g/mol. The van der Waals surface area contributed by atoms with Gasteiger partial charge in [-0.1, -0.05) is 36.4 Å². The molecular formula is C25H21FN6O2. The summed E-state index contributed by atoms with van der Waals surface area (Å²) >= 11 is 0. The third-order valence-electron chi connectivity index (χ3n) is 5.45. The Morgan fingerprint density at radius 2 is 1.85 bits per heavy atom. The lowest BCUT2D eigenvalue weighted by atomic mass is 10.1. The molecule has 0 radical (unpaired) electrons.